The molecule has 8 N–H and O–H groups in total. The van der Waals surface area contributed by atoms with Crippen molar-refractivity contribution in [2.75, 3.05) is 14.2 Å². The summed E-state index contributed by atoms with van der Waals surface area (Å²) in [5, 5.41) is 54.9. The Bertz CT molecular complexity index is 4050. The lowest BCUT2D eigenvalue weighted by molar-refractivity contribution is 0.405. The highest BCUT2D eigenvalue weighted by molar-refractivity contribution is 7.87. The van der Waals surface area contributed by atoms with Crippen LogP contribution in [0, 0.1) is 0 Å². The molecule has 0 fully saturated rings. The standard InChI is InChI=1S/C38H28N6O20S5/c1-63-31-15-27(42-43-28-12-19(66(51,52)53)9-17-10-20(67(54,55)56)13-30(45)35(17)28)32(64-2)14-26(31)41-39-24-6-7-25(23-11-18(65(48,49)50)3-4-21(23)24)40-44-29-16-34(69(60,61)62)37(46)22-5-8-33(68(57,58)59)38(47)36(22)29/h3-16,45-47H,1-2H3,(H,48,49,50)(H,51,52,53)(H,54,55,56)(H,57,58,59)(H,60,61,62). The molecule has 7 aromatic carbocycles. The van der Waals surface area contributed by atoms with E-state index in [1.165, 1.54) is 44.6 Å². The topological polar surface area (TPSA) is 425 Å². The second-order valence-electron chi connectivity index (χ2n) is 14.0. The van der Waals surface area contributed by atoms with Crippen LogP contribution in [0.25, 0.3) is 32.3 Å². The largest absolute Gasteiger partial charge is 0.507 e. The fraction of sp³-hybridized carbons (Fsp3) is 0.0526. The first-order chi connectivity index (χ1) is 32.0. The molecule has 0 radical (unpaired) electrons. The van der Waals surface area contributed by atoms with Gasteiger partial charge in [-0.25, -0.2) is 0 Å². The second kappa shape index (κ2) is 17.6. The summed E-state index contributed by atoms with van der Waals surface area (Å²) in [5.41, 5.74) is -1.52. The zero-order valence-electron chi connectivity index (χ0n) is 34.3. The smallest absolute Gasteiger partial charge is 0.298 e. The molecule has 0 spiro atoms. The predicted octanol–water partition coefficient (Wildman–Crippen LogP) is 7.76. The molecule has 0 saturated carbocycles. The normalized spacial score (nSPS) is 13.1. The van der Waals surface area contributed by atoms with Gasteiger partial charge in [0.25, 0.3) is 50.6 Å². The van der Waals surface area contributed by atoms with Crippen LogP contribution in [-0.4, -0.2) is 94.4 Å². The lowest BCUT2D eigenvalue weighted by Gasteiger charge is -2.12. The van der Waals surface area contributed by atoms with Crippen molar-refractivity contribution in [3.8, 4) is 28.7 Å². The van der Waals surface area contributed by atoms with Crippen molar-refractivity contribution in [1.82, 2.24) is 0 Å². The molecule has 360 valence electrons. The van der Waals surface area contributed by atoms with E-state index in [1.807, 2.05) is 0 Å². The number of methoxy groups -OCH3 is 2. The van der Waals surface area contributed by atoms with Crippen molar-refractivity contribution in [2.24, 2.45) is 30.7 Å². The van der Waals surface area contributed by atoms with Gasteiger partial charge in [0.1, 0.15) is 49.9 Å². The van der Waals surface area contributed by atoms with Gasteiger partial charge in [0, 0.05) is 34.4 Å². The summed E-state index contributed by atoms with van der Waals surface area (Å²) in [6, 6.07) is 13.2. The number of azo groups is 3. The fourth-order valence-corrected chi connectivity index (χ4v) is 9.46. The van der Waals surface area contributed by atoms with Gasteiger partial charge < -0.3 is 24.8 Å². The second-order valence-corrected chi connectivity index (χ2v) is 21.1. The number of phenols is 3. The minimum absolute atomic E-state index is 0.0163. The molecular formula is C38H28N6O20S5. The van der Waals surface area contributed by atoms with Gasteiger partial charge in [-0.3, -0.25) is 22.8 Å². The first-order valence-corrected chi connectivity index (χ1v) is 25.5. The Morgan fingerprint density at radius 1 is 0.377 bits per heavy atom. The van der Waals surface area contributed by atoms with Gasteiger partial charge in [0.05, 0.1) is 62.4 Å². The maximum atomic E-state index is 12.2. The van der Waals surface area contributed by atoms with E-state index < -0.39 is 114 Å². The minimum atomic E-state index is -5.22. The number of nitrogens with zero attached hydrogens (tertiary/aromatic N) is 6. The third kappa shape index (κ3) is 9.98. The first kappa shape index (κ1) is 49.6. The molecule has 0 amide bonds. The first-order valence-electron chi connectivity index (χ1n) is 18.3. The van der Waals surface area contributed by atoms with Gasteiger partial charge in [-0.2, -0.15) is 42.1 Å². The molecule has 0 aromatic heterocycles. The summed E-state index contributed by atoms with van der Waals surface area (Å²) in [5.74, 6) is -3.26. The van der Waals surface area contributed by atoms with E-state index in [1.54, 1.807) is 0 Å². The quantitative estimate of drug-likeness (QED) is 0.0404. The van der Waals surface area contributed by atoms with Crippen LogP contribution in [0.5, 0.6) is 28.7 Å². The van der Waals surface area contributed by atoms with E-state index in [4.69, 9.17) is 9.47 Å². The summed E-state index contributed by atoms with van der Waals surface area (Å²) in [6.07, 6.45) is 0. The SMILES string of the molecule is COc1cc(N=Nc2cc(S(=O)(=O)O)cc3cc(S(=O)(=O)O)cc(O)c23)c(OC)cc1N=Nc1ccc(N=Nc2cc(S(=O)(=O)O)c(O)c3ccc(S(=O)(=O)O)c(O)c23)c2cc(S(=O)(=O)O)ccc12. The maximum Gasteiger partial charge on any atom is 0.298 e. The Labute approximate surface area is 387 Å². The number of fused-ring (bicyclic) bond motifs is 3. The van der Waals surface area contributed by atoms with Crippen LogP contribution in [0.2, 0.25) is 0 Å². The van der Waals surface area contributed by atoms with Crippen LogP contribution in [0.3, 0.4) is 0 Å². The van der Waals surface area contributed by atoms with E-state index in [-0.39, 0.29) is 55.8 Å². The minimum Gasteiger partial charge on any atom is -0.507 e. The Morgan fingerprint density at radius 2 is 0.826 bits per heavy atom. The van der Waals surface area contributed by atoms with Crippen LogP contribution < -0.4 is 9.47 Å². The third-order valence-corrected chi connectivity index (χ3v) is 14.0. The third-order valence-electron chi connectivity index (χ3n) is 9.78. The van der Waals surface area contributed by atoms with Crippen molar-refractivity contribution >= 4 is 117 Å². The Morgan fingerprint density at radius 3 is 1.32 bits per heavy atom. The van der Waals surface area contributed by atoms with Crippen molar-refractivity contribution < 1.29 is 89.6 Å². The summed E-state index contributed by atoms with van der Waals surface area (Å²) in [7, 11) is -22.7. The Kier molecular flexibility index (Phi) is 12.7. The summed E-state index contributed by atoms with van der Waals surface area (Å²) in [4.78, 5) is -4.49. The number of hydrogen-bond acceptors (Lipinski definition) is 21. The van der Waals surface area contributed by atoms with Crippen LogP contribution in [0.1, 0.15) is 0 Å². The van der Waals surface area contributed by atoms with Gasteiger partial charge in [-0.15, -0.1) is 30.7 Å². The van der Waals surface area contributed by atoms with Crippen molar-refractivity contribution in [3.05, 3.63) is 84.9 Å². The van der Waals surface area contributed by atoms with E-state index in [0.717, 1.165) is 36.4 Å². The molecule has 31 heteroatoms. The zero-order valence-corrected chi connectivity index (χ0v) is 38.4. The monoisotopic (exact) mass is 1050 g/mol. The number of phenolic OH excluding ortho intramolecular Hbond substituents is 3. The highest BCUT2D eigenvalue weighted by atomic mass is 32.2. The molecule has 0 aliphatic heterocycles. The number of hydrogen-bond donors (Lipinski definition) is 8. The van der Waals surface area contributed by atoms with E-state index in [9.17, 15) is 80.2 Å². The average molecular weight is 1050 g/mol. The van der Waals surface area contributed by atoms with Gasteiger partial charge in [-0.1, -0.05) is 6.07 Å². The highest BCUT2D eigenvalue weighted by Gasteiger charge is 2.27. The summed E-state index contributed by atoms with van der Waals surface area (Å²) in [6.45, 7) is 0. The molecule has 0 saturated heterocycles. The lowest BCUT2D eigenvalue weighted by Crippen LogP contribution is -2.01. The zero-order chi connectivity index (χ0) is 50.8. The molecule has 0 bridgehead atoms. The number of aromatic hydroxyl groups is 3. The van der Waals surface area contributed by atoms with Gasteiger partial charge in [-0.05, 0) is 66.0 Å². The fourth-order valence-electron chi connectivity index (χ4n) is 6.68. The summed E-state index contributed by atoms with van der Waals surface area (Å²) < 4.78 is 180. The predicted molar refractivity (Wildman–Crippen MR) is 238 cm³/mol. The molecule has 26 nitrogen and oxygen atoms in total. The van der Waals surface area contributed by atoms with Crippen molar-refractivity contribution in [2.45, 2.75) is 24.5 Å². The number of benzene rings is 7. The molecular weight excluding hydrogens is 1020 g/mol. The van der Waals surface area contributed by atoms with Crippen LogP contribution >= 0.6 is 0 Å². The van der Waals surface area contributed by atoms with Gasteiger partial charge >= 0.3 is 0 Å². The molecule has 0 unspecified atom stereocenters. The highest BCUT2D eigenvalue weighted by Crippen LogP contribution is 2.47. The molecule has 0 heterocycles. The van der Waals surface area contributed by atoms with E-state index in [2.05, 4.69) is 30.7 Å². The van der Waals surface area contributed by atoms with Crippen LogP contribution in [0.4, 0.5) is 34.1 Å². The Hall–Kier alpha value is -7.33. The molecule has 0 aliphatic rings. The maximum absolute atomic E-state index is 12.2. The lowest BCUT2D eigenvalue weighted by atomic mass is 10.1. The van der Waals surface area contributed by atoms with E-state index >= 15 is 0 Å². The molecule has 7 rings (SSSR count). The van der Waals surface area contributed by atoms with E-state index in [0.29, 0.717) is 18.2 Å². The average Bonchev–Trinajstić information content (AvgIpc) is 3.25. The van der Waals surface area contributed by atoms with Crippen molar-refractivity contribution in [1.29, 1.82) is 0 Å². The number of rotatable bonds is 13. The Balaban J connectivity index is 1.33. The van der Waals surface area contributed by atoms with Gasteiger partial charge in [0.2, 0.25) is 0 Å². The molecule has 0 aliphatic carbocycles. The molecule has 7 aromatic rings. The van der Waals surface area contributed by atoms with Crippen LogP contribution in [-0.2, 0) is 50.6 Å². The van der Waals surface area contributed by atoms with Gasteiger partial charge in [0.15, 0.2) is 0 Å². The molecule has 0 atom stereocenters. The molecule has 69 heavy (non-hydrogen) atoms. The van der Waals surface area contributed by atoms with Crippen LogP contribution in [0.15, 0.2) is 140 Å². The van der Waals surface area contributed by atoms with Crippen molar-refractivity contribution in [3.63, 3.8) is 0 Å². The number of ether oxygens (including phenoxy) is 2. The summed E-state index contributed by atoms with van der Waals surface area (Å²) >= 11 is 0.